The van der Waals surface area contributed by atoms with Gasteiger partial charge in [0.15, 0.2) is 0 Å². The first-order chi connectivity index (χ1) is 30.6. The molecule has 3 heterocycles. The van der Waals surface area contributed by atoms with E-state index in [1.165, 1.54) is 71.0 Å². The van der Waals surface area contributed by atoms with E-state index in [9.17, 15) is 28.4 Å². The Morgan fingerprint density at radius 1 is 0.619 bits per heavy atom. The summed E-state index contributed by atoms with van der Waals surface area (Å²) < 4.78 is 46.1. The molecule has 0 aliphatic rings. The summed E-state index contributed by atoms with van der Waals surface area (Å²) in [6.07, 6.45) is 1.48. The molecule has 1 amide bonds. The molecule has 0 aliphatic heterocycles. The molecule has 9 rings (SSSR count). The molecule has 63 heavy (non-hydrogen) atoms. The van der Waals surface area contributed by atoms with Crippen LogP contribution in [0.4, 0.5) is 8.78 Å². The maximum absolute atomic E-state index is 15.4. The Bertz CT molecular complexity index is 3480. The lowest BCUT2D eigenvalue weighted by Crippen LogP contribution is -2.39. The van der Waals surface area contributed by atoms with E-state index in [2.05, 4.69) is 5.32 Å². The van der Waals surface area contributed by atoms with Crippen molar-refractivity contribution in [3.63, 3.8) is 0 Å². The van der Waals surface area contributed by atoms with Crippen molar-refractivity contribution in [2.75, 3.05) is 7.11 Å². The van der Waals surface area contributed by atoms with Gasteiger partial charge >= 0.3 is 11.4 Å². The summed E-state index contributed by atoms with van der Waals surface area (Å²) in [6.45, 7) is -0.394. The molecule has 0 aliphatic carbocycles. The largest absolute Gasteiger partial charge is 0.496 e. The van der Waals surface area contributed by atoms with Crippen molar-refractivity contribution in [3.05, 3.63) is 228 Å². The van der Waals surface area contributed by atoms with E-state index in [1.807, 2.05) is 0 Å². The molecule has 9 aromatic rings. The molecule has 1 N–H and O–H groups in total. The third kappa shape index (κ3) is 7.43. The van der Waals surface area contributed by atoms with Gasteiger partial charge in [0, 0.05) is 16.7 Å². The number of methoxy groups -OCH3 is 1. The van der Waals surface area contributed by atoms with E-state index in [1.54, 1.807) is 97.1 Å². The normalized spacial score (nSPS) is 11.3. The summed E-state index contributed by atoms with van der Waals surface area (Å²) in [7, 11) is 1.43. The molecular formula is C49H35F2N5O7. The number of aromatic nitrogens is 4. The highest BCUT2D eigenvalue weighted by molar-refractivity contribution is 5.97. The number of para-hydroxylation sites is 2. The zero-order valence-corrected chi connectivity index (χ0v) is 33.5. The topological polar surface area (TPSA) is 139 Å². The third-order valence-corrected chi connectivity index (χ3v) is 10.9. The average Bonchev–Trinajstić information content (AvgIpc) is 3.83. The number of ether oxygens (including phenoxy) is 1. The fraction of sp³-hybridized carbons (Fsp3) is 0.0816. The molecule has 312 valence electrons. The number of nitrogens with zero attached hydrogens (tertiary/aromatic N) is 4. The van der Waals surface area contributed by atoms with Crippen LogP contribution < -0.4 is 32.6 Å². The van der Waals surface area contributed by atoms with E-state index in [0.717, 1.165) is 9.13 Å². The number of rotatable bonds is 11. The fourth-order valence-electron chi connectivity index (χ4n) is 7.82. The fourth-order valence-corrected chi connectivity index (χ4v) is 7.82. The Labute approximate surface area is 355 Å². The summed E-state index contributed by atoms with van der Waals surface area (Å²) in [5, 5.41) is 3.10. The SMILES string of the molecule is COc1ccc(-n2c(=O)c3ccccc3n(Cc3ccccc3F)c2=O)cc1-c1ccc(F)cc1Cn1c(=O)n(-c2ccccc2)c(=O)c2ccc(C(=O)NCc3ccco3)cc21. The molecule has 0 unspecified atom stereocenters. The molecule has 14 heteroatoms. The lowest BCUT2D eigenvalue weighted by molar-refractivity contribution is 0.0948. The number of benzene rings is 6. The van der Waals surface area contributed by atoms with Crippen molar-refractivity contribution in [1.82, 2.24) is 23.6 Å². The molecule has 0 saturated heterocycles. The van der Waals surface area contributed by atoms with Gasteiger partial charge in [0.2, 0.25) is 0 Å². The number of fused-ring (bicyclic) bond motifs is 2. The van der Waals surface area contributed by atoms with Gasteiger partial charge in [-0.05, 0) is 102 Å². The summed E-state index contributed by atoms with van der Waals surface area (Å²) in [4.78, 5) is 70.7. The predicted octanol–water partition coefficient (Wildman–Crippen LogP) is 7.19. The van der Waals surface area contributed by atoms with Crippen molar-refractivity contribution < 1.29 is 22.7 Å². The van der Waals surface area contributed by atoms with Crippen LogP contribution in [0.25, 0.3) is 44.3 Å². The second kappa shape index (κ2) is 16.6. The van der Waals surface area contributed by atoms with Gasteiger partial charge in [0.05, 0.1) is 66.2 Å². The molecular weight excluding hydrogens is 809 g/mol. The predicted molar refractivity (Wildman–Crippen MR) is 234 cm³/mol. The van der Waals surface area contributed by atoms with E-state index < -0.39 is 40.0 Å². The molecule has 0 radical (unpaired) electrons. The van der Waals surface area contributed by atoms with Crippen LogP contribution in [-0.2, 0) is 19.6 Å². The van der Waals surface area contributed by atoms with Crippen LogP contribution in [0.3, 0.4) is 0 Å². The van der Waals surface area contributed by atoms with Gasteiger partial charge in [-0.2, -0.15) is 0 Å². The van der Waals surface area contributed by atoms with Crippen LogP contribution in [0, 0.1) is 11.6 Å². The number of carbonyl (C=O) groups excluding carboxylic acids is 1. The number of halogens is 2. The van der Waals surface area contributed by atoms with Crippen LogP contribution in [0.1, 0.15) is 27.2 Å². The quantitative estimate of drug-likeness (QED) is 0.145. The highest BCUT2D eigenvalue weighted by Crippen LogP contribution is 2.35. The van der Waals surface area contributed by atoms with Crippen molar-refractivity contribution in [2.45, 2.75) is 19.6 Å². The first-order valence-electron chi connectivity index (χ1n) is 19.7. The van der Waals surface area contributed by atoms with Crippen LogP contribution in [0.15, 0.2) is 175 Å². The number of furan rings is 1. The maximum Gasteiger partial charge on any atom is 0.336 e. The molecule has 0 bridgehead atoms. The number of hydrogen-bond donors (Lipinski definition) is 1. The van der Waals surface area contributed by atoms with Crippen molar-refractivity contribution in [3.8, 4) is 28.3 Å². The minimum absolute atomic E-state index is 0.0879. The Morgan fingerprint density at radius 3 is 2.05 bits per heavy atom. The molecule has 6 aromatic carbocycles. The van der Waals surface area contributed by atoms with Gasteiger partial charge < -0.3 is 14.5 Å². The van der Waals surface area contributed by atoms with Gasteiger partial charge in [0.25, 0.3) is 17.0 Å². The lowest BCUT2D eigenvalue weighted by Gasteiger charge is -2.19. The van der Waals surface area contributed by atoms with Crippen molar-refractivity contribution in [1.29, 1.82) is 0 Å². The van der Waals surface area contributed by atoms with Crippen molar-refractivity contribution in [2.24, 2.45) is 0 Å². The standard InChI is InChI=1S/C49H35F2N5O7/c1-62-44-22-19-35(56-46(58)38-14-6-8-16-42(38)53(48(56)60)28-31-10-5-7-15-41(31)51)26-40(44)37-21-18-33(50)24-32(37)29-54-43-25-30(45(57)52-27-36-13-9-23-63-36)17-20-39(43)47(59)55(49(54)61)34-11-3-2-4-12-34/h2-26H,27-29H2,1H3,(H,52,57). The number of hydrogen-bond acceptors (Lipinski definition) is 7. The highest BCUT2D eigenvalue weighted by Gasteiger charge is 2.22. The van der Waals surface area contributed by atoms with E-state index in [-0.39, 0.29) is 64.1 Å². The average molecular weight is 844 g/mol. The van der Waals surface area contributed by atoms with E-state index in [4.69, 9.17) is 9.15 Å². The second-order valence-corrected chi connectivity index (χ2v) is 14.6. The summed E-state index contributed by atoms with van der Waals surface area (Å²) >= 11 is 0. The Balaban J connectivity index is 1.21. The Hall–Kier alpha value is -8.39. The molecule has 0 saturated carbocycles. The van der Waals surface area contributed by atoms with Crippen LogP contribution >= 0.6 is 0 Å². The first kappa shape index (κ1) is 40.0. The minimum atomic E-state index is -0.763. The molecule has 3 aromatic heterocycles. The van der Waals surface area contributed by atoms with Gasteiger partial charge in [0.1, 0.15) is 23.1 Å². The third-order valence-electron chi connectivity index (χ3n) is 10.9. The minimum Gasteiger partial charge on any atom is -0.496 e. The van der Waals surface area contributed by atoms with Gasteiger partial charge in [-0.15, -0.1) is 0 Å². The number of amides is 1. The Morgan fingerprint density at radius 2 is 1.30 bits per heavy atom. The maximum atomic E-state index is 15.4. The zero-order chi connectivity index (χ0) is 43.8. The number of carbonyl (C=O) groups is 1. The first-order valence-corrected chi connectivity index (χ1v) is 19.7. The van der Waals surface area contributed by atoms with Gasteiger partial charge in [-0.1, -0.05) is 54.6 Å². The molecule has 0 spiro atoms. The molecule has 0 fully saturated rings. The van der Waals surface area contributed by atoms with Crippen LogP contribution in [0.5, 0.6) is 5.75 Å². The zero-order valence-electron chi connectivity index (χ0n) is 33.5. The van der Waals surface area contributed by atoms with Gasteiger partial charge in [-0.3, -0.25) is 23.5 Å². The highest BCUT2D eigenvalue weighted by atomic mass is 19.1. The van der Waals surface area contributed by atoms with Crippen LogP contribution in [-0.4, -0.2) is 31.3 Å². The number of nitrogens with one attached hydrogen (secondary N) is 1. The Kier molecular flexibility index (Phi) is 10.5. The van der Waals surface area contributed by atoms with Crippen LogP contribution in [0.2, 0.25) is 0 Å². The van der Waals surface area contributed by atoms with Crippen molar-refractivity contribution >= 4 is 27.7 Å². The summed E-state index contributed by atoms with van der Waals surface area (Å²) in [5.74, 6) is -0.850. The van der Waals surface area contributed by atoms with E-state index >= 15 is 4.39 Å². The lowest BCUT2D eigenvalue weighted by atomic mass is 9.97. The van der Waals surface area contributed by atoms with Gasteiger partial charge in [-0.25, -0.2) is 27.5 Å². The molecule has 0 atom stereocenters. The van der Waals surface area contributed by atoms with E-state index in [0.29, 0.717) is 28.1 Å². The summed E-state index contributed by atoms with van der Waals surface area (Å²) in [5.41, 5.74) is -0.571. The molecule has 12 nitrogen and oxygen atoms in total. The monoisotopic (exact) mass is 843 g/mol. The second-order valence-electron chi connectivity index (χ2n) is 14.6. The smallest absolute Gasteiger partial charge is 0.336 e. The summed E-state index contributed by atoms with van der Waals surface area (Å²) in [6, 6.07) is 37.3.